The molecule has 1 aromatic carbocycles. The highest BCUT2D eigenvalue weighted by Gasteiger charge is 2.24. The summed E-state index contributed by atoms with van der Waals surface area (Å²) in [5.74, 6) is 0.0299. The summed E-state index contributed by atoms with van der Waals surface area (Å²) in [4.78, 5) is 14.1. The van der Waals surface area contributed by atoms with E-state index >= 15 is 0 Å². The molecule has 1 aliphatic heterocycles. The van der Waals surface area contributed by atoms with E-state index in [0.717, 1.165) is 23.0 Å². The Labute approximate surface area is 124 Å². The normalized spacial score (nSPS) is 20.4. The van der Waals surface area contributed by atoms with Crippen molar-refractivity contribution in [3.8, 4) is 0 Å². The van der Waals surface area contributed by atoms with Gasteiger partial charge in [0.2, 0.25) is 0 Å². The maximum absolute atomic E-state index is 12.3. The molecule has 1 atom stereocenters. The Morgan fingerprint density at radius 1 is 1.47 bits per heavy atom. The highest BCUT2D eigenvalue weighted by molar-refractivity contribution is 14.1. The van der Waals surface area contributed by atoms with Gasteiger partial charge in [-0.15, -0.1) is 11.6 Å². The average Bonchev–Trinajstić information content (AvgIpc) is 2.31. The quantitative estimate of drug-likeness (QED) is 0.533. The SMILES string of the molecule is O=C(c1cc(Cl)ccc1I)N1CCCC(Cl)C1. The Bertz CT molecular complexity index is 439. The fourth-order valence-electron chi connectivity index (χ4n) is 1.94. The maximum atomic E-state index is 12.3. The van der Waals surface area contributed by atoms with Crippen LogP contribution in [-0.4, -0.2) is 29.3 Å². The molecule has 0 aliphatic carbocycles. The standard InChI is InChI=1S/C12H12Cl2INO/c13-8-3-4-11(15)10(6-8)12(17)16-5-1-2-9(14)7-16/h3-4,6,9H,1-2,5,7H2. The summed E-state index contributed by atoms with van der Waals surface area (Å²) in [5.41, 5.74) is 0.670. The smallest absolute Gasteiger partial charge is 0.255 e. The van der Waals surface area contributed by atoms with Gasteiger partial charge in [-0.05, 0) is 53.6 Å². The molecule has 0 spiro atoms. The van der Waals surface area contributed by atoms with E-state index in [-0.39, 0.29) is 11.3 Å². The first-order chi connectivity index (χ1) is 8.08. The van der Waals surface area contributed by atoms with Crippen molar-refractivity contribution in [2.45, 2.75) is 18.2 Å². The van der Waals surface area contributed by atoms with E-state index in [2.05, 4.69) is 22.6 Å². The van der Waals surface area contributed by atoms with Gasteiger partial charge in [-0.3, -0.25) is 4.79 Å². The number of rotatable bonds is 1. The summed E-state index contributed by atoms with van der Waals surface area (Å²) >= 11 is 14.2. The zero-order chi connectivity index (χ0) is 12.4. The zero-order valence-electron chi connectivity index (χ0n) is 9.13. The first kappa shape index (κ1) is 13.4. The van der Waals surface area contributed by atoms with E-state index in [1.165, 1.54) is 0 Å². The van der Waals surface area contributed by atoms with Crippen molar-refractivity contribution in [2.75, 3.05) is 13.1 Å². The van der Waals surface area contributed by atoms with Crippen LogP contribution in [0.25, 0.3) is 0 Å². The molecule has 2 rings (SSSR count). The fourth-order valence-corrected chi connectivity index (χ4v) is 3.00. The molecule has 1 heterocycles. The van der Waals surface area contributed by atoms with Crippen molar-refractivity contribution in [2.24, 2.45) is 0 Å². The molecular formula is C12H12Cl2INO. The summed E-state index contributed by atoms with van der Waals surface area (Å²) < 4.78 is 0.925. The van der Waals surface area contributed by atoms with Crippen molar-refractivity contribution >= 4 is 51.7 Å². The first-order valence-electron chi connectivity index (χ1n) is 5.46. The van der Waals surface area contributed by atoms with Crippen LogP contribution < -0.4 is 0 Å². The lowest BCUT2D eigenvalue weighted by atomic mass is 10.1. The number of benzene rings is 1. The third kappa shape index (κ3) is 3.26. The van der Waals surface area contributed by atoms with Crippen LogP contribution in [0.1, 0.15) is 23.2 Å². The number of halogens is 3. The van der Waals surface area contributed by atoms with Crippen LogP contribution in [0, 0.1) is 3.57 Å². The number of likely N-dealkylation sites (tertiary alicyclic amines) is 1. The number of carbonyl (C=O) groups is 1. The van der Waals surface area contributed by atoms with Crippen LogP contribution in [0.2, 0.25) is 5.02 Å². The lowest BCUT2D eigenvalue weighted by molar-refractivity contribution is 0.0726. The van der Waals surface area contributed by atoms with E-state index in [9.17, 15) is 4.79 Å². The Balaban J connectivity index is 2.21. The predicted molar refractivity (Wildman–Crippen MR) is 78.9 cm³/mol. The number of alkyl halides is 1. The van der Waals surface area contributed by atoms with Crippen LogP contribution in [0.15, 0.2) is 18.2 Å². The molecule has 0 saturated carbocycles. The van der Waals surface area contributed by atoms with Gasteiger partial charge in [-0.1, -0.05) is 11.6 Å². The second kappa shape index (κ2) is 5.76. The lowest BCUT2D eigenvalue weighted by Crippen LogP contribution is -2.40. The van der Waals surface area contributed by atoms with Gasteiger partial charge >= 0.3 is 0 Å². The van der Waals surface area contributed by atoms with E-state index in [1.807, 2.05) is 11.0 Å². The van der Waals surface area contributed by atoms with E-state index in [4.69, 9.17) is 23.2 Å². The van der Waals surface area contributed by atoms with Crippen LogP contribution in [0.3, 0.4) is 0 Å². The van der Waals surface area contributed by atoms with Crippen LogP contribution in [0.5, 0.6) is 0 Å². The summed E-state index contributed by atoms with van der Waals surface area (Å²) in [6, 6.07) is 5.38. The molecule has 1 fully saturated rings. The lowest BCUT2D eigenvalue weighted by Gasteiger charge is -2.30. The van der Waals surface area contributed by atoms with Crippen molar-refractivity contribution in [3.05, 3.63) is 32.4 Å². The fraction of sp³-hybridized carbons (Fsp3) is 0.417. The molecule has 1 aliphatic rings. The molecule has 1 unspecified atom stereocenters. The summed E-state index contributed by atoms with van der Waals surface area (Å²) in [7, 11) is 0. The van der Waals surface area contributed by atoms with Crippen LogP contribution >= 0.6 is 45.8 Å². The van der Waals surface area contributed by atoms with Gasteiger partial charge < -0.3 is 4.90 Å². The molecule has 0 radical (unpaired) electrons. The van der Waals surface area contributed by atoms with Crippen LogP contribution in [-0.2, 0) is 0 Å². The van der Waals surface area contributed by atoms with Gasteiger partial charge in [0.25, 0.3) is 5.91 Å². The minimum atomic E-state index is 0.0299. The van der Waals surface area contributed by atoms with Gasteiger partial charge in [0.1, 0.15) is 0 Å². The number of amides is 1. The van der Waals surface area contributed by atoms with Crippen LogP contribution in [0.4, 0.5) is 0 Å². The summed E-state index contributed by atoms with van der Waals surface area (Å²) in [6.45, 7) is 1.41. The first-order valence-corrected chi connectivity index (χ1v) is 7.35. The van der Waals surface area contributed by atoms with Gasteiger partial charge in [0, 0.05) is 21.7 Å². The van der Waals surface area contributed by atoms with Gasteiger partial charge in [0.15, 0.2) is 0 Å². The molecule has 17 heavy (non-hydrogen) atoms. The second-order valence-electron chi connectivity index (χ2n) is 4.11. The molecule has 5 heteroatoms. The second-order valence-corrected chi connectivity index (χ2v) is 6.33. The number of piperidine rings is 1. The number of hydrogen-bond donors (Lipinski definition) is 0. The van der Waals surface area contributed by atoms with Crippen molar-refractivity contribution in [3.63, 3.8) is 0 Å². The minimum Gasteiger partial charge on any atom is -0.337 e. The summed E-state index contributed by atoms with van der Waals surface area (Å²) in [5, 5.41) is 0.665. The molecule has 0 aromatic heterocycles. The van der Waals surface area contributed by atoms with Crippen molar-refractivity contribution < 1.29 is 4.79 Å². The molecule has 1 saturated heterocycles. The van der Waals surface area contributed by atoms with Crippen molar-refractivity contribution in [1.29, 1.82) is 0 Å². The minimum absolute atomic E-state index is 0.0299. The molecule has 1 amide bonds. The monoisotopic (exact) mass is 383 g/mol. The topological polar surface area (TPSA) is 20.3 Å². The Morgan fingerprint density at radius 2 is 2.24 bits per heavy atom. The molecular weight excluding hydrogens is 372 g/mol. The van der Waals surface area contributed by atoms with Gasteiger partial charge in [0.05, 0.1) is 10.9 Å². The number of hydrogen-bond acceptors (Lipinski definition) is 1. The number of nitrogens with zero attached hydrogens (tertiary/aromatic N) is 1. The Kier molecular flexibility index (Phi) is 4.55. The van der Waals surface area contributed by atoms with E-state index < -0.39 is 0 Å². The molecule has 1 aromatic rings. The third-order valence-electron chi connectivity index (χ3n) is 2.81. The Morgan fingerprint density at radius 3 is 2.94 bits per heavy atom. The molecule has 92 valence electrons. The summed E-state index contributed by atoms with van der Waals surface area (Å²) in [6.07, 6.45) is 1.95. The third-order valence-corrected chi connectivity index (χ3v) is 4.34. The predicted octanol–water partition coefficient (Wildman–Crippen LogP) is 3.79. The largest absolute Gasteiger partial charge is 0.337 e. The maximum Gasteiger partial charge on any atom is 0.255 e. The van der Waals surface area contributed by atoms with Crippen molar-refractivity contribution in [1.82, 2.24) is 4.90 Å². The molecule has 2 nitrogen and oxygen atoms in total. The average molecular weight is 384 g/mol. The van der Waals surface area contributed by atoms with E-state index in [1.54, 1.807) is 12.1 Å². The number of carbonyl (C=O) groups excluding carboxylic acids is 1. The molecule has 0 N–H and O–H groups in total. The zero-order valence-corrected chi connectivity index (χ0v) is 12.8. The van der Waals surface area contributed by atoms with Gasteiger partial charge in [-0.25, -0.2) is 0 Å². The van der Waals surface area contributed by atoms with E-state index in [0.29, 0.717) is 17.1 Å². The highest BCUT2D eigenvalue weighted by atomic mass is 127. The Hall–Kier alpha value is -0.000000000000000111. The molecule has 0 bridgehead atoms. The highest BCUT2D eigenvalue weighted by Crippen LogP contribution is 2.22. The van der Waals surface area contributed by atoms with Gasteiger partial charge in [-0.2, -0.15) is 0 Å².